The van der Waals surface area contributed by atoms with Crippen LogP contribution in [-0.2, 0) is 16.8 Å². The van der Waals surface area contributed by atoms with E-state index in [2.05, 4.69) is 136 Å². The standard InChI is InChI=1S/C13H9.C10H22Si2.C4H10N.2CH3.H4Si.Ti/c1-3-7-12-10(5-1)9-11-6-2-4-8-13(11)12;1-9(11(3,4)5)10(2)12(6,7)8;1-4(2,3)5;;;;/h1-9H;1-2H2,3-8H3;5H,1-3H3;2*1H3;1H4;/q;;-1;;;;+1. The molecule has 0 saturated heterocycles. The molecule has 0 heterocycles. The summed E-state index contributed by atoms with van der Waals surface area (Å²) in [6.45, 7) is 29.2. The maximum Gasteiger partial charge on any atom is -0.0149 e. The Labute approximate surface area is 221 Å². The van der Waals surface area contributed by atoms with Crippen molar-refractivity contribution in [2.45, 2.75) is 80.3 Å². The van der Waals surface area contributed by atoms with Gasteiger partial charge in [0.2, 0.25) is 0 Å². The van der Waals surface area contributed by atoms with E-state index >= 15 is 0 Å². The number of hydrogen-bond acceptors (Lipinski definition) is 1. The van der Waals surface area contributed by atoms with Crippen LogP contribution in [0.5, 0.6) is 0 Å². The van der Waals surface area contributed by atoms with E-state index in [1.54, 1.807) is 0 Å². The van der Waals surface area contributed by atoms with Gasteiger partial charge in [-0.25, -0.2) is 0 Å². The second-order valence-corrected chi connectivity index (χ2v) is 30.0. The van der Waals surface area contributed by atoms with Crippen molar-refractivity contribution in [2.75, 3.05) is 0 Å². The molecule has 1 N–H and O–H groups in total. The van der Waals surface area contributed by atoms with Crippen molar-refractivity contribution in [3.63, 3.8) is 0 Å². The minimum Gasteiger partial charge on any atom is -0.0149 e. The largest absolute Gasteiger partial charge is 0.0149 e. The number of hydrogen-bond donors (Lipinski definition) is 1. The molecular weight excluding hydrogens is 494 g/mol. The Morgan fingerprint density at radius 1 is 0.735 bits per heavy atom. The Hall–Kier alpha value is -0.755. The predicted octanol–water partition coefficient (Wildman–Crippen LogP) is 7.71. The zero-order chi connectivity index (χ0) is 25.4. The van der Waals surface area contributed by atoms with E-state index in [-0.39, 0.29) is 16.5 Å². The van der Waals surface area contributed by atoms with E-state index in [1.807, 2.05) is 0 Å². The predicted molar refractivity (Wildman–Crippen MR) is 165 cm³/mol. The van der Waals surface area contributed by atoms with Crippen LogP contribution in [0.4, 0.5) is 0 Å². The molecule has 5 heteroatoms. The summed E-state index contributed by atoms with van der Waals surface area (Å²) in [7, 11) is -2.39. The number of nitrogens with one attached hydrogen (secondary N) is 1. The van der Waals surface area contributed by atoms with Gasteiger partial charge in [0, 0.05) is 0 Å². The molecule has 0 spiro atoms. The number of allylic oxidation sites excluding steroid dienone is 2. The zero-order valence-electron chi connectivity index (χ0n) is 23.1. The van der Waals surface area contributed by atoms with E-state index in [9.17, 15) is 0 Å². The van der Waals surface area contributed by atoms with Gasteiger partial charge in [-0.1, -0.05) is 62.8 Å². The molecule has 0 aliphatic heterocycles. The van der Waals surface area contributed by atoms with E-state index in [4.69, 9.17) is 0 Å². The first-order chi connectivity index (χ1) is 14.9. The molecule has 0 bridgehead atoms. The summed E-state index contributed by atoms with van der Waals surface area (Å²) in [6, 6.07) is 17.9. The third kappa shape index (κ3) is 7.62. The van der Waals surface area contributed by atoms with Gasteiger partial charge in [0.05, 0.1) is 16.1 Å². The van der Waals surface area contributed by atoms with Crippen molar-refractivity contribution >= 4 is 27.1 Å². The van der Waals surface area contributed by atoms with Crippen LogP contribution in [0.3, 0.4) is 0 Å². The van der Waals surface area contributed by atoms with Gasteiger partial charge in [0.15, 0.2) is 0 Å². The summed E-state index contributed by atoms with van der Waals surface area (Å²) in [5, 5.41) is 7.74. The normalized spacial score (nSPS) is 13.7. The second kappa shape index (κ2) is 11.1. The van der Waals surface area contributed by atoms with E-state index in [0.717, 1.165) is 0 Å². The van der Waals surface area contributed by atoms with E-state index in [1.165, 1.54) is 32.6 Å². The summed E-state index contributed by atoms with van der Waals surface area (Å²) in [4.78, 5) is 0. The zero-order valence-corrected chi connectivity index (χ0v) is 26.7. The van der Waals surface area contributed by atoms with Crippen LogP contribution in [0.2, 0.25) is 49.7 Å². The summed E-state index contributed by atoms with van der Waals surface area (Å²) < 4.78 is 4.59. The maximum absolute atomic E-state index is 4.19. The van der Waals surface area contributed by atoms with Crippen molar-refractivity contribution in [1.82, 2.24) is 3.80 Å². The summed E-state index contributed by atoms with van der Waals surface area (Å²) in [5.41, 5.74) is 6.11. The van der Waals surface area contributed by atoms with Gasteiger partial charge in [-0.3, -0.25) is 0 Å². The molecule has 0 radical (unpaired) electrons. The second-order valence-electron chi connectivity index (χ2n) is 13.2. The van der Waals surface area contributed by atoms with Crippen molar-refractivity contribution < 1.29 is 16.8 Å². The summed E-state index contributed by atoms with van der Waals surface area (Å²) in [5.74, 6) is 0. The third-order valence-electron chi connectivity index (χ3n) is 6.43. The topological polar surface area (TPSA) is 12.0 Å². The third-order valence-corrected chi connectivity index (χ3v) is 16.3. The van der Waals surface area contributed by atoms with Crippen LogP contribution in [0, 0.1) is 0 Å². The summed E-state index contributed by atoms with van der Waals surface area (Å²) in [6.07, 6.45) is 0. The molecule has 2 aromatic carbocycles. The minimum absolute atomic E-state index is 0. The molecule has 0 atom stereocenters. The van der Waals surface area contributed by atoms with Crippen molar-refractivity contribution in [1.29, 1.82) is 0 Å². The monoisotopic (exact) mass is 545 g/mol. The van der Waals surface area contributed by atoms with Crippen LogP contribution >= 0.6 is 0 Å². The molecule has 0 saturated carbocycles. The molecule has 1 nitrogen and oxygen atoms in total. The van der Waals surface area contributed by atoms with Crippen LogP contribution in [0.25, 0.3) is 11.1 Å². The Kier molecular flexibility index (Phi) is 10.2. The Morgan fingerprint density at radius 3 is 1.35 bits per heavy atom. The first-order valence-electron chi connectivity index (χ1n) is 12.2. The SMILES string of the molecule is C=C(C(=C)[Si](C)(C)C)[Si](C)(C)C.CC(C)(C)[NH][Ti]([CH3])([CH3])[CH]1c2ccccc2-c2ccccc21.[SiH4]. The van der Waals surface area contributed by atoms with Crippen molar-refractivity contribution in [3.05, 3.63) is 83.2 Å². The number of benzene rings is 2. The molecule has 0 aromatic heterocycles. The molecular formula is C29H51NSi3Ti. The molecule has 0 fully saturated rings. The van der Waals surface area contributed by atoms with Crippen LogP contribution < -0.4 is 3.80 Å². The molecule has 0 amide bonds. The first-order valence-corrected chi connectivity index (χ1v) is 24.0. The van der Waals surface area contributed by atoms with Crippen LogP contribution in [-0.4, -0.2) is 32.7 Å². The van der Waals surface area contributed by atoms with Crippen LogP contribution in [0.1, 0.15) is 36.1 Å². The first kappa shape index (κ1) is 31.3. The molecule has 34 heavy (non-hydrogen) atoms. The molecule has 1 aliphatic carbocycles. The molecule has 188 valence electrons. The smallest absolute Gasteiger partial charge is 0.0149 e. The number of rotatable bonds is 5. The number of fused-ring (bicyclic) bond motifs is 3. The molecule has 1 aliphatic rings. The van der Waals surface area contributed by atoms with Gasteiger partial charge in [-0.05, 0) is 11.0 Å². The molecule has 3 rings (SSSR count). The van der Waals surface area contributed by atoms with E-state index < -0.39 is 33.0 Å². The minimum atomic E-state index is -2.24. The van der Waals surface area contributed by atoms with Gasteiger partial charge in [0.25, 0.3) is 0 Å². The average molecular weight is 546 g/mol. The molecule has 2 aromatic rings. The average Bonchev–Trinajstić information content (AvgIpc) is 2.99. The summed E-state index contributed by atoms with van der Waals surface area (Å²) >= 11 is -2.24. The van der Waals surface area contributed by atoms with Gasteiger partial charge in [-0.15, -0.1) is 0 Å². The van der Waals surface area contributed by atoms with E-state index in [0.29, 0.717) is 4.22 Å². The maximum atomic E-state index is 4.19. The fourth-order valence-electron chi connectivity index (χ4n) is 4.88. The Balaban J connectivity index is 0.000000386. The van der Waals surface area contributed by atoms with Crippen molar-refractivity contribution in [3.8, 4) is 11.1 Å². The molecule has 0 unspecified atom stereocenters. The Morgan fingerprint density at radius 2 is 1.06 bits per heavy atom. The van der Waals surface area contributed by atoms with Gasteiger partial charge in [-0.2, -0.15) is 0 Å². The fraction of sp³-hybridized carbons (Fsp3) is 0.448. The van der Waals surface area contributed by atoms with Gasteiger partial charge < -0.3 is 0 Å². The van der Waals surface area contributed by atoms with Crippen LogP contribution in [0.15, 0.2) is 72.1 Å². The van der Waals surface area contributed by atoms with Gasteiger partial charge >= 0.3 is 132 Å². The van der Waals surface area contributed by atoms with Crippen molar-refractivity contribution in [2.24, 2.45) is 0 Å². The van der Waals surface area contributed by atoms with Gasteiger partial charge in [0.1, 0.15) is 0 Å². The quantitative estimate of drug-likeness (QED) is 0.300. The Bertz CT molecular complexity index is 951. The fourth-order valence-corrected chi connectivity index (χ4v) is 15.4.